The van der Waals surface area contributed by atoms with Crippen molar-refractivity contribution in [2.45, 2.75) is 43.5 Å². The van der Waals surface area contributed by atoms with E-state index in [-0.39, 0.29) is 17.1 Å². The molecule has 0 aromatic heterocycles. The maximum absolute atomic E-state index is 14.6. The third-order valence-electron chi connectivity index (χ3n) is 6.65. The molecule has 0 spiro atoms. The van der Waals surface area contributed by atoms with E-state index in [1.807, 2.05) is 97.9 Å². The summed E-state index contributed by atoms with van der Waals surface area (Å²) < 4.78 is 43.8. The fourth-order valence-corrected chi connectivity index (χ4v) is 4.83. The molecule has 39 heavy (non-hydrogen) atoms. The van der Waals surface area contributed by atoms with Crippen LogP contribution in [0, 0.1) is 11.8 Å². The highest BCUT2D eigenvalue weighted by molar-refractivity contribution is 6.30. The van der Waals surface area contributed by atoms with Gasteiger partial charge in [-0.05, 0) is 41.3 Å². The van der Waals surface area contributed by atoms with Crippen molar-refractivity contribution in [1.82, 2.24) is 0 Å². The Morgan fingerprint density at radius 3 is 1.69 bits per heavy atom. The average molecular weight is 548 g/mol. The normalized spacial score (nSPS) is 13.2. The summed E-state index contributed by atoms with van der Waals surface area (Å²) in [6.07, 6.45) is -3.44. The molecule has 2 nitrogen and oxygen atoms in total. The number of unbranched alkanes of at least 4 members (excludes halogenated alkanes) is 2. The van der Waals surface area contributed by atoms with Gasteiger partial charge in [0.25, 0.3) is 0 Å². The fraction of sp³-hybridized carbons (Fsp3) is 0.212. The van der Waals surface area contributed by atoms with Gasteiger partial charge in [0.05, 0.1) is 0 Å². The van der Waals surface area contributed by atoms with Crippen molar-refractivity contribution < 1.29 is 18.3 Å². The van der Waals surface area contributed by atoms with Crippen molar-refractivity contribution >= 4 is 17.3 Å². The second-order valence-corrected chi connectivity index (χ2v) is 9.71. The SMILES string of the molecule is CCCCC#CC(O)(c1cc(Cl)ccc1NC(c1ccccc1)(c1ccccc1)c1ccccc1)C(F)(F)F. The zero-order chi connectivity index (χ0) is 27.9. The molecule has 4 aromatic rings. The van der Waals surface area contributed by atoms with Crippen LogP contribution in [0.3, 0.4) is 0 Å². The molecule has 0 aliphatic rings. The number of hydrogen-bond acceptors (Lipinski definition) is 2. The van der Waals surface area contributed by atoms with Crippen LogP contribution < -0.4 is 5.32 Å². The van der Waals surface area contributed by atoms with Gasteiger partial charge >= 0.3 is 6.18 Å². The van der Waals surface area contributed by atoms with Gasteiger partial charge in [-0.25, -0.2) is 0 Å². The first-order chi connectivity index (χ1) is 18.7. The van der Waals surface area contributed by atoms with Crippen LogP contribution in [-0.4, -0.2) is 11.3 Å². The molecular formula is C33H29ClF3NO. The van der Waals surface area contributed by atoms with E-state index >= 15 is 0 Å². The van der Waals surface area contributed by atoms with Gasteiger partial charge < -0.3 is 10.4 Å². The van der Waals surface area contributed by atoms with Gasteiger partial charge in [0.15, 0.2) is 0 Å². The van der Waals surface area contributed by atoms with Gasteiger partial charge in [0, 0.05) is 22.7 Å². The molecule has 4 rings (SSSR count). The molecule has 200 valence electrons. The number of benzene rings is 4. The van der Waals surface area contributed by atoms with E-state index in [0.717, 1.165) is 29.2 Å². The quantitative estimate of drug-likeness (QED) is 0.131. The Labute approximate surface area is 232 Å². The summed E-state index contributed by atoms with van der Waals surface area (Å²) in [6, 6.07) is 32.5. The fourth-order valence-electron chi connectivity index (χ4n) is 4.65. The zero-order valence-electron chi connectivity index (χ0n) is 21.5. The van der Waals surface area contributed by atoms with Crippen LogP contribution >= 0.6 is 11.6 Å². The van der Waals surface area contributed by atoms with Crippen molar-refractivity contribution in [1.29, 1.82) is 0 Å². The number of rotatable bonds is 8. The van der Waals surface area contributed by atoms with Crippen LogP contribution in [0.25, 0.3) is 0 Å². The standard InChI is InChI=1S/C33H29ClF3NO/c1-2-3-4-14-23-31(39,33(35,36)37)29-24-28(34)21-22-30(29)38-32(25-15-8-5-9-16-25,26-17-10-6-11-18-26)27-19-12-7-13-20-27/h5-13,15-22,24,38-39H,2-4H2,1H3. The number of anilines is 1. The van der Waals surface area contributed by atoms with Crippen molar-refractivity contribution in [3.05, 3.63) is 136 Å². The predicted octanol–water partition coefficient (Wildman–Crippen LogP) is 8.69. The molecule has 2 N–H and O–H groups in total. The van der Waals surface area contributed by atoms with Crippen molar-refractivity contribution in [2.75, 3.05) is 5.32 Å². The minimum Gasteiger partial charge on any atom is -0.368 e. The summed E-state index contributed by atoms with van der Waals surface area (Å²) in [4.78, 5) is 0. The Kier molecular flexibility index (Phi) is 8.70. The highest BCUT2D eigenvalue weighted by atomic mass is 35.5. The Morgan fingerprint density at radius 1 is 0.769 bits per heavy atom. The lowest BCUT2D eigenvalue weighted by Crippen LogP contribution is -2.43. The van der Waals surface area contributed by atoms with Crippen molar-refractivity contribution in [2.24, 2.45) is 0 Å². The molecule has 0 bridgehead atoms. The Balaban J connectivity index is 2.01. The summed E-state index contributed by atoms with van der Waals surface area (Å²) in [5.74, 6) is 4.69. The molecule has 1 unspecified atom stereocenters. The number of nitrogens with one attached hydrogen (secondary N) is 1. The third kappa shape index (κ3) is 5.83. The molecule has 0 fully saturated rings. The maximum atomic E-state index is 14.6. The number of hydrogen-bond donors (Lipinski definition) is 2. The molecule has 0 radical (unpaired) electrons. The van der Waals surface area contributed by atoms with E-state index in [1.54, 1.807) is 0 Å². The summed E-state index contributed by atoms with van der Waals surface area (Å²) in [6.45, 7) is 1.92. The van der Waals surface area contributed by atoms with Gasteiger partial charge in [-0.2, -0.15) is 13.2 Å². The molecule has 0 saturated heterocycles. The minimum absolute atomic E-state index is 0.0540. The summed E-state index contributed by atoms with van der Waals surface area (Å²) in [7, 11) is 0. The molecule has 0 heterocycles. The topological polar surface area (TPSA) is 32.3 Å². The van der Waals surface area contributed by atoms with Crippen LogP contribution in [0.2, 0.25) is 5.02 Å². The van der Waals surface area contributed by atoms with Crippen LogP contribution in [0.15, 0.2) is 109 Å². The minimum atomic E-state index is -5.08. The first-order valence-electron chi connectivity index (χ1n) is 12.8. The average Bonchev–Trinajstić information content (AvgIpc) is 2.95. The zero-order valence-corrected chi connectivity index (χ0v) is 22.2. The second-order valence-electron chi connectivity index (χ2n) is 9.28. The van der Waals surface area contributed by atoms with E-state index in [1.165, 1.54) is 12.1 Å². The summed E-state index contributed by atoms with van der Waals surface area (Å²) >= 11 is 6.22. The lowest BCUT2D eigenvalue weighted by atomic mass is 9.76. The molecule has 0 aliphatic heterocycles. The third-order valence-corrected chi connectivity index (χ3v) is 6.88. The molecular weight excluding hydrogens is 519 g/mol. The van der Waals surface area contributed by atoms with E-state index in [4.69, 9.17) is 11.6 Å². The monoisotopic (exact) mass is 547 g/mol. The lowest BCUT2D eigenvalue weighted by Gasteiger charge is -2.39. The highest BCUT2D eigenvalue weighted by Crippen LogP contribution is 2.46. The van der Waals surface area contributed by atoms with Crippen LogP contribution in [0.5, 0.6) is 0 Å². The van der Waals surface area contributed by atoms with Crippen LogP contribution in [0.1, 0.15) is 48.4 Å². The van der Waals surface area contributed by atoms with Crippen LogP contribution in [-0.2, 0) is 11.1 Å². The van der Waals surface area contributed by atoms with Crippen LogP contribution in [0.4, 0.5) is 18.9 Å². The summed E-state index contributed by atoms with van der Waals surface area (Å²) in [5, 5.41) is 14.7. The first kappa shape index (κ1) is 28.3. The van der Waals surface area contributed by atoms with E-state index in [0.29, 0.717) is 6.42 Å². The van der Waals surface area contributed by atoms with Crippen molar-refractivity contribution in [3.63, 3.8) is 0 Å². The van der Waals surface area contributed by atoms with E-state index < -0.39 is 22.9 Å². The highest BCUT2D eigenvalue weighted by Gasteiger charge is 2.56. The number of aliphatic hydroxyl groups is 1. The lowest BCUT2D eigenvalue weighted by molar-refractivity contribution is -0.240. The molecule has 0 aliphatic carbocycles. The van der Waals surface area contributed by atoms with E-state index in [2.05, 4.69) is 17.2 Å². The largest absolute Gasteiger partial charge is 0.433 e. The molecule has 0 amide bonds. The Hall–Kier alpha value is -3.72. The first-order valence-corrected chi connectivity index (χ1v) is 13.1. The van der Waals surface area contributed by atoms with Crippen molar-refractivity contribution in [3.8, 4) is 11.8 Å². The Morgan fingerprint density at radius 2 is 1.26 bits per heavy atom. The van der Waals surface area contributed by atoms with Gasteiger partial charge in [0.2, 0.25) is 5.60 Å². The maximum Gasteiger partial charge on any atom is 0.433 e. The van der Waals surface area contributed by atoms with E-state index in [9.17, 15) is 18.3 Å². The summed E-state index contributed by atoms with van der Waals surface area (Å²) in [5.41, 5.74) is -2.56. The van der Waals surface area contributed by atoms with Gasteiger partial charge in [-0.3, -0.25) is 0 Å². The van der Waals surface area contributed by atoms with Gasteiger partial charge in [0.1, 0.15) is 5.54 Å². The Bertz CT molecular complexity index is 1330. The molecule has 4 aromatic carbocycles. The molecule has 6 heteroatoms. The second kappa shape index (κ2) is 12.0. The number of alkyl halides is 3. The predicted molar refractivity (Wildman–Crippen MR) is 152 cm³/mol. The molecule has 1 atom stereocenters. The molecule has 0 saturated carbocycles. The smallest absolute Gasteiger partial charge is 0.368 e. The van der Waals surface area contributed by atoms with Gasteiger partial charge in [-0.15, -0.1) is 0 Å². The van der Waals surface area contributed by atoms with Gasteiger partial charge in [-0.1, -0.05) is 128 Å². The number of halogens is 4.